The first-order chi connectivity index (χ1) is 8.61. The highest BCUT2D eigenvalue weighted by atomic mass is 35.5. The number of aromatic nitrogens is 1. The molecule has 2 nitrogen and oxygen atoms in total. The molecule has 1 heterocycles. The Kier molecular flexibility index (Phi) is 3.81. The van der Waals surface area contributed by atoms with Crippen molar-refractivity contribution in [2.75, 3.05) is 0 Å². The molecule has 0 aliphatic carbocycles. The lowest BCUT2D eigenvalue weighted by Gasteiger charge is -2.06. The van der Waals surface area contributed by atoms with Gasteiger partial charge in [-0.2, -0.15) is 5.26 Å². The molecule has 5 heteroatoms. The zero-order chi connectivity index (χ0) is 13.1. The van der Waals surface area contributed by atoms with E-state index in [0.29, 0.717) is 21.2 Å². The van der Waals surface area contributed by atoms with E-state index in [9.17, 15) is 4.39 Å². The summed E-state index contributed by atoms with van der Waals surface area (Å²) in [4.78, 5) is 4.00. The molecule has 0 spiro atoms. The number of nitrogens with zero attached hydrogens (tertiary/aromatic N) is 2. The molecular weight excluding hydrogens is 274 g/mol. The SMILES string of the molecule is N#CCc1cnc(-c2ccc(Cl)cc2Cl)c(F)c1. The van der Waals surface area contributed by atoms with Crippen LogP contribution in [0.3, 0.4) is 0 Å². The number of pyridine rings is 1. The van der Waals surface area contributed by atoms with Gasteiger partial charge in [-0.05, 0) is 29.8 Å². The van der Waals surface area contributed by atoms with E-state index in [2.05, 4.69) is 4.98 Å². The molecule has 0 amide bonds. The predicted octanol–water partition coefficient (Wildman–Crippen LogP) is 4.26. The van der Waals surface area contributed by atoms with Crippen LogP contribution in [0.1, 0.15) is 5.56 Å². The fourth-order valence-electron chi connectivity index (χ4n) is 1.55. The van der Waals surface area contributed by atoms with E-state index in [4.69, 9.17) is 28.5 Å². The van der Waals surface area contributed by atoms with Gasteiger partial charge in [-0.1, -0.05) is 23.2 Å². The molecule has 18 heavy (non-hydrogen) atoms. The van der Waals surface area contributed by atoms with Crippen molar-refractivity contribution in [3.63, 3.8) is 0 Å². The number of hydrogen-bond donors (Lipinski definition) is 0. The summed E-state index contributed by atoms with van der Waals surface area (Å²) in [5, 5.41) is 9.35. The summed E-state index contributed by atoms with van der Waals surface area (Å²) < 4.78 is 13.9. The van der Waals surface area contributed by atoms with Crippen LogP contribution in [0, 0.1) is 17.1 Å². The van der Waals surface area contributed by atoms with Crippen molar-refractivity contribution < 1.29 is 4.39 Å². The van der Waals surface area contributed by atoms with Crippen LogP contribution < -0.4 is 0 Å². The summed E-state index contributed by atoms with van der Waals surface area (Å²) in [6.07, 6.45) is 1.59. The second-order valence-electron chi connectivity index (χ2n) is 3.63. The van der Waals surface area contributed by atoms with Gasteiger partial charge in [0.25, 0.3) is 0 Å². The van der Waals surface area contributed by atoms with Crippen molar-refractivity contribution in [1.29, 1.82) is 5.26 Å². The number of nitriles is 1. The molecule has 0 saturated carbocycles. The first-order valence-electron chi connectivity index (χ1n) is 5.08. The van der Waals surface area contributed by atoms with Gasteiger partial charge in [-0.15, -0.1) is 0 Å². The van der Waals surface area contributed by atoms with E-state index in [1.807, 2.05) is 6.07 Å². The van der Waals surface area contributed by atoms with E-state index < -0.39 is 5.82 Å². The topological polar surface area (TPSA) is 36.7 Å². The van der Waals surface area contributed by atoms with Crippen LogP contribution in [0.5, 0.6) is 0 Å². The first kappa shape index (κ1) is 12.8. The molecule has 0 aliphatic heterocycles. The van der Waals surface area contributed by atoms with Gasteiger partial charge >= 0.3 is 0 Å². The molecule has 90 valence electrons. The Labute approximate surface area is 114 Å². The average Bonchev–Trinajstić information content (AvgIpc) is 2.31. The Balaban J connectivity index is 2.48. The maximum Gasteiger partial charge on any atom is 0.149 e. The first-order valence-corrected chi connectivity index (χ1v) is 5.84. The molecule has 1 aromatic carbocycles. The second-order valence-corrected chi connectivity index (χ2v) is 4.48. The van der Waals surface area contributed by atoms with Crippen LogP contribution in [0.4, 0.5) is 4.39 Å². The van der Waals surface area contributed by atoms with Gasteiger partial charge in [-0.3, -0.25) is 4.98 Å². The highest BCUT2D eigenvalue weighted by Gasteiger charge is 2.11. The molecule has 0 unspecified atom stereocenters. The van der Waals surface area contributed by atoms with Crippen molar-refractivity contribution in [3.8, 4) is 17.3 Å². The predicted molar refractivity (Wildman–Crippen MR) is 69.0 cm³/mol. The Morgan fingerprint density at radius 2 is 2.06 bits per heavy atom. The number of halogens is 3. The Morgan fingerprint density at radius 1 is 1.28 bits per heavy atom. The molecular formula is C13H7Cl2FN2. The fraction of sp³-hybridized carbons (Fsp3) is 0.0769. The highest BCUT2D eigenvalue weighted by Crippen LogP contribution is 2.30. The van der Waals surface area contributed by atoms with Crippen LogP contribution in [-0.4, -0.2) is 4.98 Å². The largest absolute Gasteiger partial charge is 0.253 e. The number of benzene rings is 1. The molecule has 0 atom stereocenters. The monoisotopic (exact) mass is 280 g/mol. The molecule has 0 saturated heterocycles. The number of rotatable bonds is 2. The molecule has 1 aromatic heterocycles. The van der Waals surface area contributed by atoms with Crippen molar-refractivity contribution in [1.82, 2.24) is 4.98 Å². The minimum atomic E-state index is -0.507. The third-order valence-corrected chi connectivity index (χ3v) is 2.92. The van der Waals surface area contributed by atoms with Gasteiger partial charge in [0, 0.05) is 16.8 Å². The standard InChI is InChI=1S/C13H7Cl2FN2/c14-9-1-2-10(11(15)6-9)13-12(16)5-8(3-4-17)7-18-13/h1-2,5-7H,3H2. The van der Waals surface area contributed by atoms with Gasteiger partial charge in [0.2, 0.25) is 0 Å². The third-order valence-electron chi connectivity index (χ3n) is 2.37. The maximum atomic E-state index is 13.9. The van der Waals surface area contributed by atoms with Crippen LogP contribution in [-0.2, 0) is 6.42 Å². The highest BCUT2D eigenvalue weighted by molar-refractivity contribution is 6.36. The Hall–Kier alpha value is -1.63. The van der Waals surface area contributed by atoms with Crippen molar-refractivity contribution in [2.45, 2.75) is 6.42 Å². The average molecular weight is 281 g/mol. The summed E-state index contributed by atoms with van der Waals surface area (Å²) in [5.74, 6) is -0.507. The van der Waals surface area contributed by atoms with Gasteiger partial charge in [0.05, 0.1) is 17.5 Å². The maximum absolute atomic E-state index is 13.9. The lowest BCUT2D eigenvalue weighted by Crippen LogP contribution is -1.93. The molecule has 0 bridgehead atoms. The van der Waals surface area contributed by atoms with Gasteiger partial charge in [0.15, 0.2) is 0 Å². The van der Waals surface area contributed by atoms with Crippen LogP contribution in [0.2, 0.25) is 10.0 Å². The zero-order valence-electron chi connectivity index (χ0n) is 9.12. The summed E-state index contributed by atoms with van der Waals surface area (Å²) in [6.45, 7) is 0. The molecule has 2 aromatic rings. The van der Waals surface area contributed by atoms with Crippen molar-refractivity contribution in [3.05, 3.63) is 51.9 Å². The van der Waals surface area contributed by atoms with Crippen LogP contribution in [0.15, 0.2) is 30.5 Å². The lowest BCUT2D eigenvalue weighted by atomic mass is 10.1. The van der Waals surface area contributed by atoms with Gasteiger partial charge in [0.1, 0.15) is 11.5 Å². The van der Waals surface area contributed by atoms with E-state index in [1.54, 1.807) is 12.1 Å². The smallest absolute Gasteiger partial charge is 0.149 e. The fourth-order valence-corrected chi connectivity index (χ4v) is 2.04. The quantitative estimate of drug-likeness (QED) is 0.824. The Morgan fingerprint density at radius 3 is 2.67 bits per heavy atom. The Bertz CT molecular complexity index is 635. The van der Waals surface area contributed by atoms with Crippen molar-refractivity contribution in [2.24, 2.45) is 0 Å². The van der Waals surface area contributed by atoms with Gasteiger partial charge < -0.3 is 0 Å². The summed E-state index contributed by atoms with van der Waals surface area (Å²) in [5.41, 5.74) is 1.16. The van der Waals surface area contributed by atoms with Crippen LogP contribution in [0.25, 0.3) is 11.3 Å². The number of hydrogen-bond acceptors (Lipinski definition) is 2. The molecule has 2 rings (SSSR count). The third kappa shape index (κ3) is 2.61. The van der Waals surface area contributed by atoms with E-state index in [0.717, 1.165) is 0 Å². The summed E-state index contributed by atoms with van der Waals surface area (Å²) in [7, 11) is 0. The normalized spacial score (nSPS) is 10.1. The van der Waals surface area contributed by atoms with Crippen LogP contribution >= 0.6 is 23.2 Å². The summed E-state index contributed by atoms with van der Waals surface area (Å²) in [6, 6.07) is 7.99. The minimum absolute atomic E-state index is 0.124. The van der Waals surface area contributed by atoms with E-state index in [-0.39, 0.29) is 12.1 Å². The lowest BCUT2D eigenvalue weighted by molar-refractivity contribution is 0.624. The van der Waals surface area contributed by atoms with Gasteiger partial charge in [-0.25, -0.2) is 4.39 Å². The van der Waals surface area contributed by atoms with E-state index >= 15 is 0 Å². The minimum Gasteiger partial charge on any atom is -0.253 e. The van der Waals surface area contributed by atoms with E-state index in [1.165, 1.54) is 18.3 Å². The zero-order valence-corrected chi connectivity index (χ0v) is 10.6. The van der Waals surface area contributed by atoms with Crippen molar-refractivity contribution >= 4 is 23.2 Å². The molecule has 0 aliphatic rings. The summed E-state index contributed by atoms with van der Waals surface area (Å²) >= 11 is 11.8. The second kappa shape index (κ2) is 5.34. The molecule has 0 N–H and O–H groups in total. The molecule has 0 fully saturated rings. The molecule has 0 radical (unpaired) electrons.